The maximum Gasteiger partial charge on any atom is 0.309 e. The second-order valence-electron chi connectivity index (χ2n) is 8.71. The molecule has 0 saturated heterocycles. The van der Waals surface area contributed by atoms with Crippen LogP contribution in [-0.4, -0.2) is 11.6 Å². The van der Waals surface area contributed by atoms with Crippen molar-refractivity contribution in [1.82, 2.24) is 0 Å². The van der Waals surface area contributed by atoms with Crippen LogP contribution in [0, 0.1) is 29.6 Å². The molecule has 0 aromatic rings. The zero-order valence-corrected chi connectivity index (χ0v) is 13.5. The van der Waals surface area contributed by atoms with Crippen molar-refractivity contribution in [3.05, 3.63) is 0 Å². The molecule has 5 aliphatic rings. The van der Waals surface area contributed by atoms with Crippen molar-refractivity contribution < 1.29 is 9.53 Å². The van der Waals surface area contributed by atoms with Gasteiger partial charge in [-0.25, -0.2) is 0 Å². The molecule has 118 valence electrons. The van der Waals surface area contributed by atoms with Crippen LogP contribution in [0.5, 0.6) is 0 Å². The van der Waals surface area contributed by atoms with E-state index in [1.54, 1.807) is 0 Å². The van der Waals surface area contributed by atoms with Gasteiger partial charge in [-0.2, -0.15) is 0 Å². The Bertz CT molecular complexity index is 373. The SMILES string of the molecule is CC(C(=O)OC12CC3CC(CC(C3)C1)C2)C1CCCCC1. The molecule has 2 nitrogen and oxygen atoms in total. The van der Waals surface area contributed by atoms with Gasteiger partial charge < -0.3 is 4.74 Å². The molecule has 0 aliphatic heterocycles. The largest absolute Gasteiger partial charge is 0.459 e. The van der Waals surface area contributed by atoms with E-state index in [-0.39, 0.29) is 17.5 Å². The Morgan fingerprint density at radius 2 is 1.48 bits per heavy atom. The average Bonchev–Trinajstić information content (AvgIpc) is 2.45. The summed E-state index contributed by atoms with van der Waals surface area (Å²) in [6, 6.07) is 0. The molecule has 1 unspecified atom stereocenters. The predicted octanol–water partition coefficient (Wildman–Crippen LogP) is 4.71. The van der Waals surface area contributed by atoms with Gasteiger partial charge in [0, 0.05) is 0 Å². The summed E-state index contributed by atoms with van der Waals surface area (Å²) < 4.78 is 6.23. The molecule has 5 aliphatic carbocycles. The second-order valence-corrected chi connectivity index (χ2v) is 8.71. The smallest absolute Gasteiger partial charge is 0.309 e. The Labute approximate surface area is 129 Å². The van der Waals surface area contributed by atoms with E-state index in [1.165, 1.54) is 70.6 Å². The minimum atomic E-state index is -0.0469. The van der Waals surface area contributed by atoms with Crippen molar-refractivity contribution in [2.45, 2.75) is 83.2 Å². The van der Waals surface area contributed by atoms with Gasteiger partial charge >= 0.3 is 5.97 Å². The molecule has 2 heteroatoms. The van der Waals surface area contributed by atoms with Crippen LogP contribution in [0.15, 0.2) is 0 Å². The lowest BCUT2D eigenvalue weighted by atomic mass is 9.54. The Balaban J connectivity index is 1.42. The molecule has 0 N–H and O–H groups in total. The van der Waals surface area contributed by atoms with Gasteiger partial charge in [-0.3, -0.25) is 4.79 Å². The molecule has 0 spiro atoms. The van der Waals surface area contributed by atoms with Gasteiger partial charge in [-0.15, -0.1) is 0 Å². The lowest BCUT2D eigenvalue weighted by Crippen LogP contribution is -2.53. The van der Waals surface area contributed by atoms with Crippen LogP contribution in [0.25, 0.3) is 0 Å². The fourth-order valence-corrected chi connectivity index (χ4v) is 6.29. The first kappa shape index (κ1) is 14.1. The molecule has 0 aromatic carbocycles. The summed E-state index contributed by atoms with van der Waals surface area (Å²) in [5, 5.41) is 0. The minimum absolute atomic E-state index is 0.0469. The lowest BCUT2D eigenvalue weighted by molar-refractivity contribution is -0.192. The number of ether oxygens (including phenoxy) is 1. The summed E-state index contributed by atoms with van der Waals surface area (Å²) >= 11 is 0. The number of esters is 1. The van der Waals surface area contributed by atoms with Crippen molar-refractivity contribution in [1.29, 1.82) is 0 Å². The van der Waals surface area contributed by atoms with Gasteiger partial charge in [-0.1, -0.05) is 26.2 Å². The number of hydrogen-bond acceptors (Lipinski definition) is 2. The van der Waals surface area contributed by atoms with Crippen molar-refractivity contribution in [2.24, 2.45) is 29.6 Å². The lowest BCUT2D eigenvalue weighted by Gasteiger charge is -2.56. The summed E-state index contributed by atoms with van der Waals surface area (Å²) in [6.07, 6.45) is 14.2. The van der Waals surface area contributed by atoms with Crippen LogP contribution in [-0.2, 0) is 9.53 Å². The van der Waals surface area contributed by atoms with Gasteiger partial charge in [0.1, 0.15) is 5.60 Å². The van der Waals surface area contributed by atoms with Gasteiger partial charge in [-0.05, 0) is 75.0 Å². The van der Waals surface area contributed by atoms with Crippen molar-refractivity contribution in [3.8, 4) is 0 Å². The first-order valence-electron chi connectivity index (χ1n) is 9.36. The number of hydrogen-bond donors (Lipinski definition) is 0. The second kappa shape index (κ2) is 5.28. The molecule has 4 bridgehead atoms. The summed E-state index contributed by atoms with van der Waals surface area (Å²) in [4.78, 5) is 12.7. The number of rotatable bonds is 3. The first-order chi connectivity index (χ1) is 10.1. The quantitative estimate of drug-likeness (QED) is 0.703. The van der Waals surface area contributed by atoms with E-state index in [2.05, 4.69) is 6.92 Å². The molecule has 0 heterocycles. The van der Waals surface area contributed by atoms with E-state index >= 15 is 0 Å². The number of carbonyl (C=O) groups excluding carboxylic acids is 1. The highest BCUT2D eigenvalue weighted by Crippen LogP contribution is 2.57. The van der Waals surface area contributed by atoms with E-state index in [0.29, 0.717) is 5.92 Å². The Kier molecular flexibility index (Phi) is 3.54. The van der Waals surface area contributed by atoms with E-state index in [4.69, 9.17) is 4.74 Å². The molecule has 5 rings (SSSR count). The summed E-state index contributed by atoms with van der Waals surface area (Å²) in [5.74, 6) is 3.40. The van der Waals surface area contributed by atoms with Gasteiger partial charge in [0.25, 0.3) is 0 Å². The zero-order valence-electron chi connectivity index (χ0n) is 13.5. The fraction of sp³-hybridized carbons (Fsp3) is 0.947. The summed E-state index contributed by atoms with van der Waals surface area (Å²) in [6.45, 7) is 2.12. The van der Waals surface area contributed by atoms with Crippen LogP contribution in [0.1, 0.15) is 77.6 Å². The molecular weight excluding hydrogens is 260 g/mol. The average molecular weight is 290 g/mol. The van der Waals surface area contributed by atoms with Crippen molar-refractivity contribution >= 4 is 5.97 Å². The van der Waals surface area contributed by atoms with E-state index in [9.17, 15) is 4.79 Å². The molecule has 5 fully saturated rings. The van der Waals surface area contributed by atoms with Gasteiger partial charge in [0.05, 0.1) is 5.92 Å². The van der Waals surface area contributed by atoms with Crippen LogP contribution in [0.4, 0.5) is 0 Å². The van der Waals surface area contributed by atoms with Crippen molar-refractivity contribution in [2.75, 3.05) is 0 Å². The summed E-state index contributed by atoms with van der Waals surface area (Å²) in [7, 11) is 0. The topological polar surface area (TPSA) is 26.3 Å². The molecule has 0 radical (unpaired) electrons. The summed E-state index contributed by atoms with van der Waals surface area (Å²) in [5.41, 5.74) is -0.0469. The zero-order chi connectivity index (χ0) is 14.4. The Morgan fingerprint density at radius 1 is 0.952 bits per heavy atom. The molecule has 0 aromatic heterocycles. The van der Waals surface area contributed by atoms with Crippen LogP contribution < -0.4 is 0 Å². The van der Waals surface area contributed by atoms with E-state index in [0.717, 1.165) is 17.8 Å². The third-order valence-electron chi connectivity index (χ3n) is 7.03. The fourth-order valence-electron chi connectivity index (χ4n) is 6.29. The molecule has 0 amide bonds. The first-order valence-corrected chi connectivity index (χ1v) is 9.36. The highest BCUT2D eigenvalue weighted by atomic mass is 16.6. The maximum absolute atomic E-state index is 12.7. The Hall–Kier alpha value is -0.530. The molecule has 21 heavy (non-hydrogen) atoms. The van der Waals surface area contributed by atoms with Crippen LogP contribution >= 0.6 is 0 Å². The molecule has 1 atom stereocenters. The van der Waals surface area contributed by atoms with Crippen molar-refractivity contribution in [3.63, 3.8) is 0 Å². The monoisotopic (exact) mass is 290 g/mol. The molecular formula is C19H30O2. The Morgan fingerprint density at radius 3 is 2.00 bits per heavy atom. The maximum atomic E-state index is 12.7. The minimum Gasteiger partial charge on any atom is -0.459 e. The van der Waals surface area contributed by atoms with Crippen LogP contribution in [0.2, 0.25) is 0 Å². The normalized spacial score (nSPS) is 43.8. The van der Waals surface area contributed by atoms with E-state index in [1.807, 2.05) is 0 Å². The molecule has 5 saturated carbocycles. The van der Waals surface area contributed by atoms with Crippen LogP contribution in [0.3, 0.4) is 0 Å². The van der Waals surface area contributed by atoms with Gasteiger partial charge in [0.15, 0.2) is 0 Å². The highest BCUT2D eigenvalue weighted by molar-refractivity contribution is 5.73. The highest BCUT2D eigenvalue weighted by Gasteiger charge is 2.53. The van der Waals surface area contributed by atoms with Gasteiger partial charge in [0.2, 0.25) is 0 Å². The number of carbonyl (C=O) groups is 1. The predicted molar refractivity (Wildman–Crippen MR) is 82.7 cm³/mol. The third-order valence-corrected chi connectivity index (χ3v) is 7.03. The standard InChI is InChI=1S/C19H30O2/c1-13(17-5-3-2-4-6-17)18(20)21-19-10-14-7-15(11-19)9-16(8-14)12-19/h13-17H,2-12H2,1H3. The third kappa shape index (κ3) is 2.64. The van der Waals surface area contributed by atoms with E-state index < -0.39 is 0 Å².